The van der Waals surface area contributed by atoms with Crippen LogP contribution >= 0.6 is 23.5 Å². The number of carboxylic acid groups (broad SMARTS) is 1. The highest BCUT2D eigenvalue weighted by molar-refractivity contribution is 8.01. The van der Waals surface area contributed by atoms with Gasteiger partial charge < -0.3 is 15.2 Å². The largest absolute Gasteiger partial charge is 0.477 e. The number of amides is 2. The average molecular weight is 467 g/mol. The second kappa shape index (κ2) is 10.4. The quantitative estimate of drug-likeness (QED) is 0.392. The summed E-state index contributed by atoms with van der Waals surface area (Å²) >= 11 is 2.69. The van der Waals surface area contributed by atoms with Crippen molar-refractivity contribution in [3.8, 4) is 0 Å². The molecule has 10 heteroatoms. The molecule has 0 aromatic carbocycles. The Bertz CT molecular complexity index is 864. The van der Waals surface area contributed by atoms with Gasteiger partial charge in [0.15, 0.2) is 0 Å². The molecule has 3 rings (SSSR count). The van der Waals surface area contributed by atoms with Crippen LogP contribution in [0, 0.1) is 0 Å². The van der Waals surface area contributed by atoms with Crippen LogP contribution in [0.2, 0.25) is 0 Å². The lowest BCUT2D eigenvalue weighted by atomic mass is 10.00. The Balaban J connectivity index is 1.59. The lowest BCUT2D eigenvalue weighted by molar-refractivity contribution is -0.150. The van der Waals surface area contributed by atoms with E-state index in [9.17, 15) is 24.3 Å². The SMILES string of the molecule is CC(C)OC(=O)CSCC1=C(C(=O)O)N2C(=O)C(NC(=O)CC3=CC=CCC3)[C@H]2SC1. The highest BCUT2D eigenvalue weighted by Gasteiger charge is 2.54. The van der Waals surface area contributed by atoms with E-state index in [1.807, 2.05) is 18.2 Å². The van der Waals surface area contributed by atoms with Gasteiger partial charge in [-0.3, -0.25) is 19.3 Å². The number of rotatable bonds is 9. The monoisotopic (exact) mass is 466 g/mol. The van der Waals surface area contributed by atoms with Gasteiger partial charge in [-0.05, 0) is 32.3 Å². The van der Waals surface area contributed by atoms with Crippen LogP contribution in [0.5, 0.6) is 0 Å². The van der Waals surface area contributed by atoms with E-state index < -0.39 is 23.3 Å². The van der Waals surface area contributed by atoms with Gasteiger partial charge in [0.25, 0.3) is 5.91 Å². The van der Waals surface area contributed by atoms with Crippen molar-refractivity contribution in [1.82, 2.24) is 10.2 Å². The molecule has 31 heavy (non-hydrogen) atoms. The van der Waals surface area contributed by atoms with Crippen LogP contribution in [-0.4, -0.2) is 68.5 Å². The van der Waals surface area contributed by atoms with Crippen molar-refractivity contribution >= 4 is 47.3 Å². The Labute approximate surface area is 189 Å². The van der Waals surface area contributed by atoms with E-state index in [0.29, 0.717) is 17.1 Å². The first-order valence-electron chi connectivity index (χ1n) is 10.1. The Morgan fingerprint density at radius 3 is 2.81 bits per heavy atom. The number of nitrogens with zero attached hydrogens (tertiary/aromatic N) is 1. The number of fused-ring (bicyclic) bond motifs is 1. The molecule has 0 radical (unpaired) electrons. The van der Waals surface area contributed by atoms with Crippen LogP contribution in [0.1, 0.15) is 33.1 Å². The molecule has 1 fully saturated rings. The molecule has 8 nitrogen and oxygen atoms in total. The predicted molar refractivity (Wildman–Crippen MR) is 119 cm³/mol. The topological polar surface area (TPSA) is 113 Å². The van der Waals surface area contributed by atoms with E-state index in [1.54, 1.807) is 13.8 Å². The minimum atomic E-state index is -1.18. The molecule has 0 aromatic rings. The zero-order valence-electron chi connectivity index (χ0n) is 17.5. The second-order valence-corrected chi connectivity index (χ2v) is 9.80. The Hall–Kier alpha value is -2.20. The van der Waals surface area contributed by atoms with E-state index in [0.717, 1.165) is 18.4 Å². The summed E-state index contributed by atoms with van der Waals surface area (Å²) in [5.74, 6) is -1.33. The highest BCUT2D eigenvalue weighted by atomic mass is 32.2. The maximum atomic E-state index is 12.7. The molecular formula is C21H26N2O6S2. The van der Waals surface area contributed by atoms with Gasteiger partial charge in [0, 0.05) is 17.9 Å². The molecule has 0 spiro atoms. The molecule has 2 amide bonds. The standard InChI is InChI=1S/C21H26N2O6S2/c1-12(2)29-16(25)11-30-9-14-10-31-20-17(19(26)23(20)18(14)21(27)28)22-15(24)8-13-6-4-3-5-7-13/h3-4,6,12,17,20H,5,7-11H2,1-2H3,(H,22,24)(H,27,28)/t17?,20-/m1/s1. The zero-order chi connectivity index (χ0) is 22.5. The lowest BCUT2D eigenvalue weighted by Gasteiger charge is -2.49. The summed E-state index contributed by atoms with van der Waals surface area (Å²) in [7, 11) is 0. The van der Waals surface area contributed by atoms with Crippen LogP contribution in [0.4, 0.5) is 0 Å². The average Bonchev–Trinajstić information content (AvgIpc) is 2.71. The summed E-state index contributed by atoms with van der Waals surface area (Å²) in [6, 6.07) is -0.721. The molecule has 0 aromatic heterocycles. The van der Waals surface area contributed by atoms with Crippen LogP contribution < -0.4 is 5.32 Å². The molecule has 2 N–H and O–H groups in total. The van der Waals surface area contributed by atoms with Gasteiger partial charge in [-0.2, -0.15) is 0 Å². The van der Waals surface area contributed by atoms with Crippen molar-refractivity contribution in [1.29, 1.82) is 0 Å². The van der Waals surface area contributed by atoms with E-state index in [2.05, 4.69) is 5.32 Å². The minimum absolute atomic E-state index is 0.0379. The molecule has 3 aliphatic rings. The van der Waals surface area contributed by atoms with Gasteiger partial charge in [-0.15, -0.1) is 23.5 Å². The van der Waals surface area contributed by atoms with Crippen molar-refractivity contribution in [2.45, 2.75) is 50.6 Å². The van der Waals surface area contributed by atoms with Crippen LogP contribution in [-0.2, 0) is 23.9 Å². The Kier molecular flexibility index (Phi) is 7.88. The summed E-state index contributed by atoms with van der Waals surface area (Å²) in [4.78, 5) is 49.9. The van der Waals surface area contributed by atoms with Crippen molar-refractivity contribution in [3.05, 3.63) is 35.1 Å². The van der Waals surface area contributed by atoms with Crippen molar-refractivity contribution in [2.24, 2.45) is 0 Å². The number of hydrogen-bond acceptors (Lipinski definition) is 7. The third kappa shape index (κ3) is 5.74. The normalized spacial score (nSPS) is 22.6. The molecule has 1 aliphatic carbocycles. The van der Waals surface area contributed by atoms with Gasteiger partial charge in [-0.1, -0.05) is 23.8 Å². The fourth-order valence-corrected chi connectivity index (χ4v) is 5.88. The maximum Gasteiger partial charge on any atom is 0.352 e. The number of thioether (sulfide) groups is 2. The number of carboxylic acids is 1. The molecular weight excluding hydrogens is 440 g/mol. The molecule has 0 bridgehead atoms. The first-order chi connectivity index (χ1) is 14.8. The van der Waals surface area contributed by atoms with Gasteiger partial charge in [-0.25, -0.2) is 4.79 Å². The van der Waals surface area contributed by atoms with Crippen LogP contribution in [0.25, 0.3) is 0 Å². The summed E-state index contributed by atoms with van der Waals surface area (Å²) in [6.07, 6.45) is 7.63. The number of β-lactam (4-membered cyclic amide) rings is 1. The zero-order valence-corrected chi connectivity index (χ0v) is 19.1. The minimum Gasteiger partial charge on any atom is -0.477 e. The molecule has 1 saturated heterocycles. The first-order valence-corrected chi connectivity index (χ1v) is 12.3. The first kappa shape index (κ1) is 23.5. The van der Waals surface area contributed by atoms with Gasteiger partial charge in [0.05, 0.1) is 11.9 Å². The fraction of sp³-hybridized carbons (Fsp3) is 0.524. The molecule has 2 heterocycles. The van der Waals surface area contributed by atoms with Gasteiger partial charge >= 0.3 is 11.9 Å². The number of carbonyl (C=O) groups excluding carboxylic acids is 3. The van der Waals surface area contributed by atoms with Crippen molar-refractivity contribution < 1.29 is 29.0 Å². The number of allylic oxidation sites excluding steroid dienone is 3. The Morgan fingerprint density at radius 2 is 2.16 bits per heavy atom. The summed E-state index contributed by atoms with van der Waals surface area (Å²) < 4.78 is 5.08. The number of esters is 1. The van der Waals surface area contributed by atoms with Gasteiger partial charge in [0.1, 0.15) is 17.1 Å². The Morgan fingerprint density at radius 1 is 1.39 bits per heavy atom. The molecule has 168 valence electrons. The predicted octanol–water partition coefficient (Wildman–Crippen LogP) is 2.08. The molecule has 2 aliphatic heterocycles. The van der Waals surface area contributed by atoms with E-state index in [1.165, 1.54) is 28.4 Å². The molecule has 0 saturated carbocycles. The van der Waals surface area contributed by atoms with Crippen molar-refractivity contribution in [3.63, 3.8) is 0 Å². The molecule has 1 unspecified atom stereocenters. The fourth-order valence-electron chi connectivity index (χ4n) is 3.58. The second-order valence-electron chi connectivity index (χ2n) is 7.71. The van der Waals surface area contributed by atoms with Crippen LogP contribution in [0.15, 0.2) is 35.1 Å². The smallest absolute Gasteiger partial charge is 0.352 e. The number of aliphatic carboxylic acids is 1. The van der Waals surface area contributed by atoms with Gasteiger partial charge in [0.2, 0.25) is 5.91 Å². The summed E-state index contributed by atoms with van der Waals surface area (Å²) in [5, 5.41) is 12.0. The van der Waals surface area contributed by atoms with E-state index in [-0.39, 0.29) is 35.9 Å². The lowest BCUT2D eigenvalue weighted by Crippen LogP contribution is -2.70. The molecule has 2 atom stereocenters. The third-order valence-corrected chi connectivity index (χ3v) is 7.25. The van der Waals surface area contributed by atoms with E-state index in [4.69, 9.17) is 4.74 Å². The summed E-state index contributed by atoms with van der Waals surface area (Å²) in [5.41, 5.74) is 1.57. The number of hydrogen-bond donors (Lipinski definition) is 2. The van der Waals surface area contributed by atoms with E-state index >= 15 is 0 Å². The number of ether oxygens (including phenoxy) is 1. The van der Waals surface area contributed by atoms with Crippen molar-refractivity contribution in [2.75, 3.05) is 17.3 Å². The highest BCUT2D eigenvalue weighted by Crippen LogP contribution is 2.41. The third-order valence-electron chi connectivity index (χ3n) is 4.92. The number of nitrogens with one attached hydrogen (secondary N) is 1. The van der Waals surface area contributed by atoms with Crippen LogP contribution in [0.3, 0.4) is 0 Å². The number of carbonyl (C=O) groups is 4. The summed E-state index contributed by atoms with van der Waals surface area (Å²) in [6.45, 7) is 3.53. The maximum absolute atomic E-state index is 12.7.